The summed E-state index contributed by atoms with van der Waals surface area (Å²) in [7, 11) is -3.50. The van der Waals surface area contributed by atoms with Gasteiger partial charge in [-0.25, -0.2) is 8.42 Å². The smallest absolute Gasteiger partial charge is 0.253 e. The quantitative estimate of drug-likeness (QED) is 0.832. The van der Waals surface area contributed by atoms with E-state index in [0.29, 0.717) is 31.1 Å². The summed E-state index contributed by atoms with van der Waals surface area (Å²) in [4.78, 5) is 14.7. The molecule has 1 aromatic rings. The number of nitrogens with zero attached hydrogens (tertiary/aromatic N) is 2. The highest BCUT2D eigenvalue weighted by molar-refractivity contribution is 7.89. The van der Waals surface area contributed by atoms with Gasteiger partial charge in [-0.15, -0.1) is 0 Å². The number of amides is 1. The highest BCUT2D eigenvalue weighted by atomic mass is 32.2. The lowest BCUT2D eigenvalue weighted by Gasteiger charge is -2.34. The molecule has 1 fully saturated rings. The molecule has 0 aliphatic carbocycles. The molecule has 2 atom stereocenters. The number of likely N-dealkylation sites (tertiary alicyclic amines) is 1. The molecule has 1 amide bonds. The second kappa shape index (κ2) is 8.29. The van der Waals surface area contributed by atoms with E-state index in [1.54, 1.807) is 12.1 Å². The van der Waals surface area contributed by atoms with Crippen LogP contribution in [0.25, 0.3) is 0 Å². The van der Waals surface area contributed by atoms with E-state index in [1.807, 2.05) is 25.7 Å². The van der Waals surface area contributed by atoms with Gasteiger partial charge in [0.2, 0.25) is 10.0 Å². The normalized spacial score (nSPS) is 19.9. The second-order valence-corrected chi connectivity index (χ2v) is 8.56. The lowest BCUT2D eigenvalue weighted by Crippen LogP contribution is -2.45. The van der Waals surface area contributed by atoms with Crippen molar-refractivity contribution in [1.82, 2.24) is 9.21 Å². The Balaban J connectivity index is 2.15. The minimum atomic E-state index is -3.50. The van der Waals surface area contributed by atoms with E-state index in [2.05, 4.69) is 0 Å². The molecular weight excluding hydrogens is 338 g/mol. The first-order chi connectivity index (χ1) is 11.8. The SMILES string of the molecule is CCN(CC)S(=O)(=O)c1ccc(C(=O)N2CCCC(C(C)N)C2)cc1. The second-order valence-electron chi connectivity index (χ2n) is 6.63. The van der Waals surface area contributed by atoms with Crippen LogP contribution < -0.4 is 5.73 Å². The molecule has 1 aromatic carbocycles. The van der Waals surface area contributed by atoms with E-state index in [0.717, 1.165) is 19.4 Å². The summed E-state index contributed by atoms with van der Waals surface area (Å²) in [6.07, 6.45) is 1.99. The van der Waals surface area contributed by atoms with E-state index >= 15 is 0 Å². The van der Waals surface area contributed by atoms with Crippen molar-refractivity contribution in [3.8, 4) is 0 Å². The average Bonchev–Trinajstić information content (AvgIpc) is 2.62. The van der Waals surface area contributed by atoms with Gasteiger partial charge in [0.25, 0.3) is 5.91 Å². The number of rotatable bonds is 6. The van der Waals surface area contributed by atoms with Crippen molar-refractivity contribution in [3.05, 3.63) is 29.8 Å². The highest BCUT2D eigenvalue weighted by Gasteiger charge is 2.27. The molecule has 0 radical (unpaired) electrons. The van der Waals surface area contributed by atoms with Crippen molar-refractivity contribution in [2.75, 3.05) is 26.2 Å². The Morgan fingerprint density at radius 1 is 1.28 bits per heavy atom. The van der Waals surface area contributed by atoms with Crippen LogP contribution in [0.5, 0.6) is 0 Å². The van der Waals surface area contributed by atoms with E-state index in [9.17, 15) is 13.2 Å². The van der Waals surface area contributed by atoms with Gasteiger partial charge in [0.15, 0.2) is 0 Å². The predicted octanol–water partition coefficient (Wildman–Crippen LogP) is 1.92. The van der Waals surface area contributed by atoms with Crippen LogP contribution in [-0.2, 0) is 10.0 Å². The first-order valence-electron chi connectivity index (χ1n) is 8.96. The third-order valence-electron chi connectivity index (χ3n) is 4.93. The van der Waals surface area contributed by atoms with Crippen molar-refractivity contribution in [2.45, 2.75) is 44.6 Å². The number of carbonyl (C=O) groups is 1. The van der Waals surface area contributed by atoms with E-state index in [-0.39, 0.29) is 16.8 Å². The van der Waals surface area contributed by atoms with Gasteiger partial charge in [-0.2, -0.15) is 4.31 Å². The number of hydrogen-bond donors (Lipinski definition) is 1. The molecular formula is C18H29N3O3S. The largest absolute Gasteiger partial charge is 0.338 e. The van der Waals surface area contributed by atoms with Crippen molar-refractivity contribution in [1.29, 1.82) is 0 Å². The van der Waals surface area contributed by atoms with Crippen LogP contribution in [0.3, 0.4) is 0 Å². The van der Waals surface area contributed by atoms with Crippen LogP contribution in [0, 0.1) is 5.92 Å². The summed E-state index contributed by atoms with van der Waals surface area (Å²) in [5.74, 6) is 0.261. The maximum atomic E-state index is 12.7. The number of benzene rings is 1. The van der Waals surface area contributed by atoms with Crippen LogP contribution >= 0.6 is 0 Å². The summed E-state index contributed by atoms with van der Waals surface area (Å²) in [5, 5.41) is 0. The van der Waals surface area contributed by atoms with Gasteiger partial charge in [-0.1, -0.05) is 13.8 Å². The topological polar surface area (TPSA) is 83.7 Å². The van der Waals surface area contributed by atoms with Gasteiger partial charge >= 0.3 is 0 Å². The Bertz CT molecular complexity index is 682. The Labute approximate surface area is 151 Å². The zero-order valence-electron chi connectivity index (χ0n) is 15.3. The minimum absolute atomic E-state index is 0.0582. The highest BCUT2D eigenvalue weighted by Crippen LogP contribution is 2.22. The fourth-order valence-electron chi connectivity index (χ4n) is 3.29. The number of sulfonamides is 1. The molecule has 25 heavy (non-hydrogen) atoms. The number of nitrogens with two attached hydrogens (primary N) is 1. The summed E-state index contributed by atoms with van der Waals surface area (Å²) >= 11 is 0. The monoisotopic (exact) mass is 367 g/mol. The third kappa shape index (κ3) is 4.40. The third-order valence-corrected chi connectivity index (χ3v) is 7.00. The maximum Gasteiger partial charge on any atom is 0.253 e. The molecule has 0 spiro atoms. The minimum Gasteiger partial charge on any atom is -0.338 e. The van der Waals surface area contributed by atoms with Crippen LogP contribution in [0.4, 0.5) is 0 Å². The Morgan fingerprint density at radius 2 is 1.88 bits per heavy atom. The van der Waals surface area contributed by atoms with Crippen LogP contribution in [0.1, 0.15) is 44.0 Å². The van der Waals surface area contributed by atoms with Crippen molar-refractivity contribution in [2.24, 2.45) is 11.7 Å². The summed E-state index contributed by atoms with van der Waals surface area (Å²) in [6.45, 7) is 7.83. The Morgan fingerprint density at radius 3 is 2.40 bits per heavy atom. The number of piperidine rings is 1. The van der Waals surface area contributed by atoms with Crippen LogP contribution in [0.15, 0.2) is 29.2 Å². The standard InChI is InChI=1S/C18H29N3O3S/c1-4-21(5-2)25(23,24)17-10-8-15(9-11-17)18(22)20-12-6-7-16(13-20)14(3)19/h8-11,14,16H,4-7,12-13,19H2,1-3H3. The van der Waals surface area contributed by atoms with Crippen LogP contribution in [0.2, 0.25) is 0 Å². The molecule has 1 aliphatic heterocycles. The summed E-state index contributed by atoms with van der Waals surface area (Å²) < 4.78 is 26.4. The molecule has 1 saturated heterocycles. The van der Waals surface area contributed by atoms with E-state index in [4.69, 9.17) is 5.73 Å². The zero-order valence-corrected chi connectivity index (χ0v) is 16.1. The van der Waals surface area contributed by atoms with Gasteiger partial charge in [0.05, 0.1) is 4.90 Å². The fourth-order valence-corrected chi connectivity index (χ4v) is 4.75. The maximum absolute atomic E-state index is 12.7. The molecule has 140 valence electrons. The first-order valence-corrected chi connectivity index (χ1v) is 10.4. The Kier molecular flexibility index (Phi) is 6.59. The summed E-state index contributed by atoms with van der Waals surface area (Å²) in [6, 6.07) is 6.32. The molecule has 2 rings (SSSR count). The van der Waals surface area contributed by atoms with Crippen molar-refractivity contribution < 1.29 is 13.2 Å². The zero-order chi connectivity index (χ0) is 18.6. The predicted molar refractivity (Wildman–Crippen MR) is 98.8 cm³/mol. The Hall–Kier alpha value is -1.44. The van der Waals surface area contributed by atoms with Crippen molar-refractivity contribution >= 4 is 15.9 Å². The van der Waals surface area contributed by atoms with E-state index in [1.165, 1.54) is 16.4 Å². The number of carbonyl (C=O) groups excluding carboxylic acids is 1. The van der Waals surface area contributed by atoms with Gasteiger partial charge < -0.3 is 10.6 Å². The lowest BCUT2D eigenvalue weighted by molar-refractivity contribution is 0.0661. The van der Waals surface area contributed by atoms with Crippen molar-refractivity contribution in [3.63, 3.8) is 0 Å². The molecule has 2 N–H and O–H groups in total. The molecule has 7 heteroatoms. The van der Waals surface area contributed by atoms with Gasteiger partial charge in [0, 0.05) is 37.8 Å². The van der Waals surface area contributed by atoms with Gasteiger partial charge in [-0.05, 0) is 49.9 Å². The summed E-state index contributed by atoms with van der Waals surface area (Å²) in [5.41, 5.74) is 6.50. The number of hydrogen-bond acceptors (Lipinski definition) is 4. The molecule has 1 aliphatic rings. The molecule has 0 aromatic heterocycles. The lowest BCUT2D eigenvalue weighted by atomic mass is 9.92. The molecule has 6 nitrogen and oxygen atoms in total. The van der Waals surface area contributed by atoms with Gasteiger partial charge in [-0.3, -0.25) is 4.79 Å². The van der Waals surface area contributed by atoms with Gasteiger partial charge in [0.1, 0.15) is 0 Å². The average molecular weight is 368 g/mol. The fraction of sp³-hybridized carbons (Fsp3) is 0.611. The van der Waals surface area contributed by atoms with Crippen LogP contribution in [-0.4, -0.2) is 55.8 Å². The molecule has 1 heterocycles. The molecule has 0 bridgehead atoms. The first kappa shape index (κ1) is 19.9. The molecule has 0 saturated carbocycles. The molecule has 2 unspecified atom stereocenters. The van der Waals surface area contributed by atoms with E-state index < -0.39 is 10.0 Å².